The van der Waals surface area contributed by atoms with Gasteiger partial charge in [0.1, 0.15) is 0 Å². The molecule has 0 unspecified atom stereocenters. The molecule has 0 spiro atoms. The van der Waals surface area contributed by atoms with Crippen LogP contribution < -0.4 is 4.72 Å². The molecule has 11 nitrogen and oxygen atoms in total. The molecule has 2 aromatic rings. The van der Waals surface area contributed by atoms with Gasteiger partial charge in [-0.2, -0.15) is 4.31 Å². The van der Waals surface area contributed by atoms with Crippen molar-refractivity contribution in [3.8, 4) is 0 Å². The fourth-order valence-corrected chi connectivity index (χ4v) is 7.63. The molecule has 3 rings (SSSR count). The number of hydrogen-bond acceptors (Lipinski definition) is 9. The van der Waals surface area contributed by atoms with Gasteiger partial charge < -0.3 is 15.5 Å². The molecule has 0 saturated carbocycles. The first-order chi connectivity index (χ1) is 19.4. The first kappa shape index (κ1) is 32.2. The second-order valence-electron chi connectivity index (χ2n) is 10.3. The molecule has 13 heteroatoms. The zero-order valence-corrected chi connectivity index (χ0v) is 24.8. The van der Waals surface area contributed by atoms with Crippen LogP contribution in [0.25, 0.3) is 0 Å². The van der Waals surface area contributed by atoms with E-state index in [4.69, 9.17) is 10.4 Å². The van der Waals surface area contributed by atoms with Gasteiger partial charge in [0, 0.05) is 19.5 Å². The Morgan fingerprint density at radius 2 is 1.63 bits per heavy atom. The molecular weight excluding hydrogens is 568 g/mol. The summed E-state index contributed by atoms with van der Waals surface area (Å²) in [5.41, 5.74) is 2.02. The van der Waals surface area contributed by atoms with Gasteiger partial charge in [0.15, 0.2) is 0 Å². The van der Waals surface area contributed by atoms with Gasteiger partial charge in [-0.1, -0.05) is 66.6 Å². The van der Waals surface area contributed by atoms with Crippen LogP contribution in [-0.4, -0.2) is 73.8 Å². The van der Waals surface area contributed by atoms with E-state index in [1.165, 1.54) is 42.6 Å². The highest BCUT2D eigenvalue weighted by Crippen LogP contribution is 2.24. The van der Waals surface area contributed by atoms with Crippen molar-refractivity contribution in [3.05, 3.63) is 88.4 Å². The topological polar surface area (TPSA) is 169 Å². The lowest BCUT2D eigenvalue weighted by molar-refractivity contribution is 0.110. The Hall–Kier alpha value is -3.36. The van der Waals surface area contributed by atoms with Gasteiger partial charge in [-0.25, -0.2) is 21.6 Å². The fourth-order valence-electron chi connectivity index (χ4n) is 4.46. The maximum absolute atomic E-state index is 13.6. The number of nitrogens with one attached hydrogen (secondary N) is 1. The van der Waals surface area contributed by atoms with Crippen LogP contribution in [0.3, 0.4) is 0 Å². The summed E-state index contributed by atoms with van der Waals surface area (Å²) in [5.74, 6) is -0.0930. The minimum absolute atomic E-state index is 0.00618. The van der Waals surface area contributed by atoms with E-state index in [1.54, 1.807) is 31.2 Å². The Morgan fingerprint density at radius 3 is 2.20 bits per heavy atom. The van der Waals surface area contributed by atoms with Crippen LogP contribution in [0.5, 0.6) is 0 Å². The maximum atomic E-state index is 13.6. The van der Waals surface area contributed by atoms with Gasteiger partial charge in [-0.15, -0.1) is 0 Å². The Kier molecular flexibility index (Phi) is 11.0. The van der Waals surface area contributed by atoms with E-state index in [0.29, 0.717) is 16.8 Å². The van der Waals surface area contributed by atoms with Crippen LogP contribution in [0, 0.1) is 5.92 Å². The first-order valence-corrected chi connectivity index (χ1v) is 15.9. The number of rotatable bonds is 13. The van der Waals surface area contributed by atoms with E-state index in [1.807, 2.05) is 19.9 Å². The third-order valence-electron chi connectivity index (χ3n) is 6.47. The zero-order valence-electron chi connectivity index (χ0n) is 23.1. The van der Waals surface area contributed by atoms with Gasteiger partial charge in [0.25, 0.3) is 0 Å². The lowest BCUT2D eigenvalue weighted by atomic mass is 10.0. The highest BCUT2D eigenvalue weighted by molar-refractivity contribution is 7.93. The lowest BCUT2D eigenvalue weighted by Crippen LogP contribution is -2.51. The van der Waals surface area contributed by atoms with Crippen molar-refractivity contribution in [1.82, 2.24) is 9.03 Å². The van der Waals surface area contributed by atoms with Crippen LogP contribution in [0.15, 0.2) is 92.4 Å². The number of oxime groups is 2. The Labute approximate surface area is 241 Å². The molecule has 0 fully saturated rings. The van der Waals surface area contributed by atoms with Crippen molar-refractivity contribution in [2.45, 2.75) is 50.7 Å². The van der Waals surface area contributed by atoms with Crippen molar-refractivity contribution >= 4 is 32.0 Å². The van der Waals surface area contributed by atoms with Gasteiger partial charge in [0.05, 0.1) is 33.9 Å². The molecule has 2 aromatic carbocycles. The van der Waals surface area contributed by atoms with Gasteiger partial charge in [0.2, 0.25) is 20.0 Å². The SMILES string of the molecule is CC1=C(S(=O)(=O)N[C@@H](Cc2ccccc2)[C@H](O)CN(CC(C)C)S(=O)(=O)c2ccc(C=NO)cc2)C=CC(=NO)C1. The average Bonchev–Trinajstić information content (AvgIpc) is 2.92. The molecule has 41 heavy (non-hydrogen) atoms. The molecule has 1 aliphatic carbocycles. The molecule has 222 valence electrons. The molecule has 1 aliphatic rings. The summed E-state index contributed by atoms with van der Waals surface area (Å²) in [4.78, 5) is -0.0246. The Balaban J connectivity index is 1.94. The molecule has 0 amide bonds. The quantitative estimate of drug-likeness (QED) is 0.155. The number of nitrogens with zero attached hydrogens (tertiary/aromatic N) is 3. The Morgan fingerprint density at radius 1 is 0.976 bits per heavy atom. The first-order valence-electron chi connectivity index (χ1n) is 13.0. The van der Waals surface area contributed by atoms with E-state index in [0.717, 1.165) is 9.87 Å². The molecule has 2 atom stereocenters. The van der Waals surface area contributed by atoms with Crippen LogP contribution in [-0.2, 0) is 26.5 Å². The maximum Gasteiger partial charge on any atom is 0.243 e. The summed E-state index contributed by atoms with van der Waals surface area (Å²) < 4.78 is 58.0. The Bertz CT molecular complexity index is 1520. The molecule has 0 heterocycles. The van der Waals surface area contributed by atoms with E-state index < -0.39 is 32.2 Å². The lowest BCUT2D eigenvalue weighted by Gasteiger charge is -2.31. The average molecular weight is 605 g/mol. The number of benzene rings is 2. The summed E-state index contributed by atoms with van der Waals surface area (Å²) in [6.07, 6.45) is 2.73. The zero-order chi connectivity index (χ0) is 30.2. The summed E-state index contributed by atoms with van der Waals surface area (Å²) in [5, 5.41) is 35.3. The highest BCUT2D eigenvalue weighted by Gasteiger charge is 2.33. The molecule has 0 bridgehead atoms. The van der Waals surface area contributed by atoms with Crippen LogP contribution in [0.2, 0.25) is 0 Å². The summed E-state index contributed by atoms with van der Waals surface area (Å²) in [6, 6.07) is 13.7. The van der Waals surface area contributed by atoms with Gasteiger partial charge in [-0.3, -0.25) is 0 Å². The number of hydrogen-bond donors (Lipinski definition) is 4. The van der Waals surface area contributed by atoms with E-state index in [9.17, 15) is 21.9 Å². The van der Waals surface area contributed by atoms with E-state index >= 15 is 0 Å². The standard InChI is InChI=1S/C28H36N4O7S2/c1-20(2)18-32(41(38,39)25-12-9-23(10-13-25)17-29-34)19-27(33)26(16-22-7-5-4-6-8-22)31-40(36,37)28-14-11-24(30-35)15-21(28)3/h4-14,17,20,26-27,31,33-35H,15-16,18-19H2,1-3H3/t26-,27+/m0/s1. The van der Waals surface area contributed by atoms with Crippen molar-refractivity contribution in [2.24, 2.45) is 16.2 Å². The van der Waals surface area contributed by atoms with E-state index in [-0.39, 0.29) is 41.6 Å². The molecule has 0 aromatic heterocycles. The summed E-state index contributed by atoms with van der Waals surface area (Å²) in [6.45, 7) is 5.01. The summed E-state index contributed by atoms with van der Waals surface area (Å²) >= 11 is 0. The third kappa shape index (κ3) is 8.57. The predicted octanol–water partition coefficient (Wildman–Crippen LogP) is 3.10. The number of aliphatic hydroxyl groups excluding tert-OH is 1. The molecule has 4 N–H and O–H groups in total. The minimum atomic E-state index is -4.14. The molecule has 0 saturated heterocycles. The van der Waals surface area contributed by atoms with Gasteiger partial charge in [-0.05, 0) is 60.2 Å². The van der Waals surface area contributed by atoms with Crippen molar-refractivity contribution in [2.75, 3.05) is 13.1 Å². The molecule has 0 aliphatic heterocycles. The second-order valence-corrected chi connectivity index (χ2v) is 13.9. The minimum Gasteiger partial charge on any atom is -0.411 e. The number of sulfonamides is 2. The monoisotopic (exact) mass is 604 g/mol. The highest BCUT2D eigenvalue weighted by atomic mass is 32.2. The van der Waals surface area contributed by atoms with Crippen molar-refractivity contribution in [1.29, 1.82) is 0 Å². The van der Waals surface area contributed by atoms with Crippen LogP contribution in [0.1, 0.15) is 38.3 Å². The predicted molar refractivity (Wildman–Crippen MR) is 157 cm³/mol. The van der Waals surface area contributed by atoms with Crippen LogP contribution in [0.4, 0.5) is 0 Å². The molecule has 0 radical (unpaired) electrons. The fraction of sp³-hybridized carbons (Fsp3) is 0.357. The summed E-state index contributed by atoms with van der Waals surface area (Å²) in [7, 11) is -8.22. The van der Waals surface area contributed by atoms with Crippen LogP contribution >= 0.6 is 0 Å². The normalized spacial score (nSPS) is 17.2. The number of aliphatic hydroxyl groups is 1. The van der Waals surface area contributed by atoms with Gasteiger partial charge >= 0.3 is 0 Å². The largest absolute Gasteiger partial charge is 0.411 e. The second kappa shape index (κ2) is 14.0. The van der Waals surface area contributed by atoms with Crippen molar-refractivity contribution < 1.29 is 32.4 Å². The number of allylic oxidation sites excluding steroid dienone is 3. The molecular formula is C28H36N4O7S2. The van der Waals surface area contributed by atoms with Crippen molar-refractivity contribution in [3.63, 3.8) is 0 Å². The third-order valence-corrected chi connectivity index (χ3v) is 9.99. The smallest absolute Gasteiger partial charge is 0.243 e. The van der Waals surface area contributed by atoms with E-state index in [2.05, 4.69) is 15.0 Å².